The molecule has 26 atom stereocenters. The van der Waals surface area contributed by atoms with Gasteiger partial charge in [-0.1, -0.05) is 49.0 Å². The number of hydrogen-bond donors (Lipinski definition) is 25. The molecule has 5 aliphatic heterocycles. The van der Waals surface area contributed by atoms with Gasteiger partial charge in [0.15, 0.2) is 6.23 Å². The number of aliphatic carboxylic acids is 4. The van der Waals surface area contributed by atoms with Crippen molar-refractivity contribution in [3.05, 3.63) is 12.2 Å². The maximum atomic E-state index is 12.5. The molecule has 12 aliphatic carbocycles. The van der Waals surface area contributed by atoms with Crippen LogP contribution in [-0.2, 0) is 62.0 Å². The van der Waals surface area contributed by atoms with Crippen molar-refractivity contribution in [1.29, 1.82) is 0 Å². The number of aromatic nitrogens is 3. The van der Waals surface area contributed by atoms with Gasteiger partial charge >= 0.3 is 23.9 Å². The molecule has 6 heterocycles. The molecule has 42 heteroatoms. The molecule has 1 aromatic heterocycles. The normalized spacial score (nSPS) is 44.5. The first-order chi connectivity index (χ1) is 58.4. The molecule has 18 rings (SSSR count). The smallest absolute Gasteiger partial charge is 0.364 e. The number of hydrogen-bond acceptors (Lipinski definition) is 32. The Hall–Kier alpha value is -6.47. The van der Waals surface area contributed by atoms with Crippen molar-refractivity contribution < 1.29 is 154 Å². The van der Waals surface area contributed by atoms with Gasteiger partial charge in [-0.25, -0.2) is 28.8 Å². The van der Waals surface area contributed by atoms with Crippen LogP contribution >= 0.6 is 0 Å². The second-order valence-corrected chi connectivity index (χ2v) is 42.2. The van der Waals surface area contributed by atoms with E-state index in [1.165, 1.54) is 97.8 Å². The number of nitrogens with zero attached hydrogens (tertiary/aromatic N) is 3. The van der Waals surface area contributed by atoms with Gasteiger partial charge in [-0.05, 0) is 178 Å². The van der Waals surface area contributed by atoms with Crippen molar-refractivity contribution in [2.45, 2.75) is 362 Å². The van der Waals surface area contributed by atoms with Crippen LogP contribution in [0, 0.1) is 62.1 Å². The highest BCUT2D eigenvalue weighted by atomic mass is 16.7. The standard InChI is InChI=1S/C24H40N2O7.C22H36N2O7.C21H34N2O6.C17H25N5O11.CH4/c1-13(27)26-19-17(28)10-24(32,21(30)31)33-20(19)18(29)11-25-12-22(2,3)23-7-14-4-15(8-23)6-16(5-14)9-23;1-12(25)24-16-14(26)7-22(30,18(28)29)31-17(16)15(27)8-23-21-6-13-4-19(2,10-21)9-20(3,5-13)11-21;1-12(24)23-16-14(25)7-21(28,17(26)27)29-15(16)8-22-20-6-13-4-18(2,10-20)9-19(3,5-13)11-20;1-6(24)20-10-7(25)2-17(31,16(29)30)33-8(10)3-18-14(28)13-19-5-22(21-13)15-12(27)11(26)9(4-23)32-15;/h14-20,25,28-29,32H,4-12H2,1-3H3,(H,26,27)(H,30,31);13-17,23,26-27,30H,4-11H2,1-3H3,(H,24,25)(H,28,29);13-16,22,25,28H,4-11H2,1-3H3,(H,23,24)(H,26,27);5,7-12,15,23,25-27,31H,2-4H2,1H3,(H,18,28)(H,20,24)(H,29,30);1H4. The van der Waals surface area contributed by atoms with Crippen LogP contribution in [0.4, 0.5) is 0 Å². The average Bonchev–Trinajstić information content (AvgIpc) is 1.41. The fraction of sp³-hybridized carbons (Fsp3) is 0.871. The van der Waals surface area contributed by atoms with E-state index in [0.29, 0.717) is 34.6 Å². The summed E-state index contributed by atoms with van der Waals surface area (Å²) in [5, 5.41) is 198. The van der Waals surface area contributed by atoms with Gasteiger partial charge in [0, 0.05) is 97.2 Å². The molecule has 5 amide bonds. The number of aliphatic hydroxyl groups excluding tert-OH is 9. The van der Waals surface area contributed by atoms with Crippen molar-refractivity contribution in [1.82, 2.24) is 57.3 Å². The van der Waals surface area contributed by atoms with Gasteiger partial charge in [0.1, 0.15) is 43.0 Å². The Morgan fingerprint density at radius 1 is 0.472 bits per heavy atom. The lowest BCUT2D eigenvalue weighted by Crippen LogP contribution is -2.68. The molecular weight excluding hydrogens is 1670 g/mol. The van der Waals surface area contributed by atoms with Gasteiger partial charge in [-0.3, -0.25) is 24.0 Å². The summed E-state index contributed by atoms with van der Waals surface area (Å²) in [5.41, 5.74) is 1.38. The average molecular weight is 1810 g/mol. The number of carbonyl (C=O) groups is 9. The van der Waals surface area contributed by atoms with E-state index in [0.717, 1.165) is 74.2 Å². The van der Waals surface area contributed by atoms with Crippen LogP contribution in [-0.4, -0.2) is 332 Å². The zero-order valence-corrected chi connectivity index (χ0v) is 73.3. The molecule has 0 aromatic carbocycles. The first-order valence-corrected chi connectivity index (χ1v) is 44.2. The molecule has 12 saturated carbocycles. The molecule has 720 valence electrons. The van der Waals surface area contributed by atoms with Crippen LogP contribution in [0.2, 0.25) is 0 Å². The molecule has 17 aliphatic rings. The summed E-state index contributed by atoms with van der Waals surface area (Å²) in [7, 11) is 0. The Labute approximate surface area is 736 Å². The van der Waals surface area contributed by atoms with E-state index in [1.54, 1.807) is 0 Å². The minimum absolute atomic E-state index is 0. The fourth-order valence-electron chi connectivity index (χ4n) is 26.9. The monoisotopic (exact) mass is 1810 g/mol. The topological polar surface area (TPSA) is 671 Å². The Balaban J connectivity index is 0.000000164. The molecule has 5 saturated heterocycles. The quantitative estimate of drug-likeness (QED) is 0.0444. The van der Waals surface area contributed by atoms with Gasteiger partial charge in [0.05, 0.1) is 73.5 Å². The number of β-amino-alcohol motifs (C(OH)–C–C–N with tert-alkyl or cyclic N) is 1. The Morgan fingerprint density at radius 2 is 0.835 bits per heavy atom. The highest BCUT2D eigenvalue weighted by Gasteiger charge is 2.65. The second-order valence-electron chi connectivity index (χ2n) is 42.2. The Morgan fingerprint density at radius 3 is 1.20 bits per heavy atom. The predicted octanol–water partition coefficient (Wildman–Crippen LogP) is -2.84. The van der Waals surface area contributed by atoms with E-state index < -0.39 is 225 Å². The third-order valence-corrected chi connectivity index (χ3v) is 30.0. The van der Waals surface area contributed by atoms with Gasteiger partial charge in [-0.2, -0.15) is 0 Å². The minimum atomic E-state index is -2.73. The summed E-state index contributed by atoms with van der Waals surface area (Å²) < 4.78 is 27.7. The largest absolute Gasteiger partial charge is 0.477 e. The van der Waals surface area contributed by atoms with Crippen molar-refractivity contribution in [3.8, 4) is 0 Å². The lowest BCUT2D eigenvalue weighted by Gasteiger charge is -2.66. The van der Waals surface area contributed by atoms with Crippen LogP contribution in [0.5, 0.6) is 0 Å². The first-order valence-electron chi connectivity index (χ1n) is 44.2. The highest BCUT2D eigenvalue weighted by molar-refractivity contribution is 5.90. The summed E-state index contributed by atoms with van der Waals surface area (Å²) in [6.45, 7) is 19.2. The number of carbonyl (C=O) groups excluding carboxylic acids is 5. The number of amides is 5. The lowest BCUT2D eigenvalue weighted by atomic mass is 9.42. The minimum Gasteiger partial charge on any atom is -0.477 e. The molecular formula is C85H139N11O31. The second kappa shape index (κ2) is 37.5. The molecule has 127 heavy (non-hydrogen) atoms. The van der Waals surface area contributed by atoms with Crippen LogP contribution in [0.15, 0.2) is 6.33 Å². The first kappa shape index (κ1) is 101. The number of carboxylic acids is 4. The van der Waals surface area contributed by atoms with Crippen molar-refractivity contribution in [2.75, 3.05) is 39.3 Å². The van der Waals surface area contributed by atoms with Gasteiger partial charge < -0.3 is 153 Å². The van der Waals surface area contributed by atoms with E-state index in [9.17, 15) is 125 Å². The van der Waals surface area contributed by atoms with E-state index in [2.05, 4.69) is 94.2 Å². The lowest BCUT2D eigenvalue weighted by molar-refractivity contribution is -0.289. The van der Waals surface area contributed by atoms with Crippen molar-refractivity contribution in [2.24, 2.45) is 62.1 Å². The van der Waals surface area contributed by atoms with E-state index in [1.807, 2.05) is 0 Å². The summed E-state index contributed by atoms with van der Waals surface area (Å²) in [5.74, 6) is -16.2. The summed E-state index contributed by atoms with van der Waals surface area (Å²) in [6.07, 6.45) is 2.58. The van der Waals surface area contributed by atoms with Crippen LogP contribution in [0.1, 0.15) is 235 Å². The summed E-state index contributed by atoms with van der Waals surface area (Å²) in [6, 6.07) is -3.97. The molecule has 17 fully saturated rings. The summed E-state index contributed by atoms with van der Waals surface area (Å²) in [4.78, 5) is 108. The zero-order valence-electron chi connectivity index (χ0n) is 73.3. The third-order valence-electron chi connectivity index (χ3n) is 30.0. The zero-order chi connectivity index (χ0) is 92.7. The van der Waals surface area contributed by atoms with Crippen LogP contribution < -0.4 is 42.5 Å². The Bertz CT molecular complexity index is 4090. The molecule has 25 N–H and O–H groups in total. The Kier molecular flexibility index (Phi) is 29.9. The molecule has 0 spiro atoms. The van der Waals surface area contributed by atoms with Crippen molar-refractivity contribution in [3.63, 3.8) is 0 Å². The maximum absolute atomic E-state index is 12.5. The number of ether oxygens (including phenoxy) is 5. The van der Waals surface area contributed by atoms with Gasteiger partial charge in [0.2, 0.25) is 29.5 Å². The number of nitrogens with one attached hydrogen (secondary N) is 8. The van der Waals surface area contributed by atoms with Crippen LogP contribution in [0.3, 0.4) is 0 Å². The number of aliphatic hydroxyl groups is 13. The van der Waals surface area contributed by atoms with Crippen molar-refractivity contribution >= 4 is 53.4 Å². The molecule has 26 unspecified atom stereocenters. The maximum Gasteiger partial charge on any atom is 0.364 e. The number of carboxylic acid groups (broad SMARTS) is 4. The predicted molar refractivity (Wildman–Crippen MR) is 440 cm³/mol. The van der Waals surface area contributed by atoms with E-state index in [-0.39, 0.29) is 60.3 Å². The SMILES string of the molecule is C.CC(=O)NC1C(O)CC(O)(C(=O)O)OC1C(O)CNC12CC3CC(C)(CC(C)(C3)C1)C2.CC(=O)NC1C(O)CC(O)(C(=O)O)OC1C(O)CNCC(C)(C)C12CC3CC(CC(C3)C1)C2.CC(=O)NC1C(O)CC(O)(C(=O)O)OC1CNC(=O)c1ncn(C2OC(CO)C(O)C2O)n1.CC(=O)NC1C(O)CC(O)(C(=O)O)OC1CNC12CC3CC(C)(CC(C)(C3)C1)C2. The number of rotatable bonds is 26. The molecule has 1 aromatic rings. The van der Waals surface area contributed by atoms with Crippen LogP contribution in [0.25, 0.3) is 0 Å². The fourth-order valence-corrected chi connectivity index (χ4v) is 26.9. The van der Waals surface area contributed by atoms with Gasteiger partial charge in [-0.15, -0.1) is 5.10 Å². The highest BCUT2D eigenvalue weighted by Crippen LogP contribution is 2.69. The molecule has 0 radical (unpaired) electrons. The van der Waals surface area contributed by atoms with E-state index in [4.69, 9.17) is 28.8 Å². The van der Waals surface area contributed by atoms with E-state index >= 15 is 0 Å². The third kappa shape index (κ3) is 21.9. The molecule has 42 nitrogen and oxygen atoms in total. The molecule has 12 bridgehead atoms. The van der Waals surface area contributed by atoms with Gasteiger partial charge in [0.25, 0.3) is 29.1 Å². The summed E-state index contributed by atoms with van der Waals surface area (Å²) >= 11 is 0.